The Kier molecular flexibility index (Phi) is 4.84. The monoisotopic (exact) mass is 337 g/mol. The summed E-state index contributed by atoms with van der Waals surface area (Å²) in [5.74, 6) is 0.812. The number of nitrogens with one attached hydrogen (secondary N) is 1. The minimum absolute atomic E-state index is 0.118. The molecule has 1 amide bonds. The van der Waals surface area contributed by atoms with Crippen LogP contribution in [0.1, 0.15) is 23.0 Å². The molecule has 0 bridgehead atoms. The zero-order chi connectivity index (χ0) is 14.5. The number of ether oxygens (including phenoxy) is 1. The van der Waals surface area contributed by atoms with Crippen LogP contribution < -0.4 is 10.1 Å². The Morgan fingerprint density at radius 1 is 1.30 bits per heavy atom. The minimum atomic E-state index is -0.254. The lowest BCUT2D eigenvalue weighted by Gasteiger charge is -2.14. The third kappa shape index (κ3) is 4.13. The molecule has 4 nitrogen and oxygen atoms in total. The van der Waals surface area contributed by atoms with E-state index in [1.165, 1.54) is 5.56 Å². The van der Waals surface area contributed by atoms with Gasteiger partial charge in [0.1, 0.15) is 12.4 Å². The number of halogens is 1. The number of rotatable bonds is 5. The predicted octanol–water partition coefficient (Wildman–Crippen LogP) is 3.55. The molecule has 0 spiro atoms. The lowest BCUT2D eigenvalue weighted by atomic mass is 10.2. The summed E-state index contributed by atoms with van der Waals surface area (Å²) >= 11 is 3.16. The van der Waals surface area contributed by atoms with Crippen LogP contribution in [0.15, 0.2) is 45.5 Å². The Morgan fingerprint density at radius 3 is 2.60 bits per heavy atom. The quantitative estimate of drug-likeness (QED) is 0.907. The zero-order valence-electron chi connectivity index (χ0n) is 11.4. The Bertz CT molecular complexity index is 577. The molecule has 1 heterocycles. The first-order valence-electron chi connectivity index (χ1n) is 6.30. The Balaban J connectivity index is 1.82. The van der Waals surface area contributed by atoms with E-state index in [1.807, 2.05) is 38.1 Å². The highest BCUT2D eigenvalue weighted by Gasteiger charge is 2.13. The van der Waals surface area contributed by atoms with E-state index in [2.05, 4.69) is 21.2 Å². The molecule has 1 aromatic heterocycles. The van der Waals surface area contributed by atoms with E-state index in [9.17, 15) is 4.79 Å². The van der Waals surface area contributed by atoms with Gasteiger partial charge in [-0.15, -0.1) is 0 Å². The Labute approximate surface area is 126 Å². The molecule has 5 heteroatoms. The van der Waals surface area contributed by atoms with Crippen LogP contribution in [0.3, 0.4) is 0 Å². The first kappa shape index (κ1) is 14.7. The molecule has 106 valence electrons. The molecular weight excluding hydrogens is 322 g/mol. The van der Waals surface area contributed by atoms with Crippen molar-refractivity contribution in [3.63, 3.8) is 0 Å². The van der Waals surface area contributed by atoms with Gasteiger partial charge in [-0.1, -0.05) is 17.7 Å². The number of furan rings is 1. The van der Waals surface area contributed by atoms with E-state index >= 15 is 0 Å². The standard InChI is InChI=1S/C15H16BrNO3/c1-10-3-5-12(6-4-10)19-9-11(2)17-15(18)13-7-8-14(16)20-13/h3-8,11H,9H2,1-2H3,(H,17,18). The predicted molar refractivity (Wildman–Crippen MR) is 80.0 cm³/mol. The molecule has 0 fully saturated rings. The molecular formula is C15H16BrNO3. The summed E-state index contributed by atoms with van der Waals surface area (Å²) < 4.78 is 11.3. The summed E-state index contributed by atoms with van der Waals surface area (Å²) in [6.07, 6.45) is 0. The first-order valence-corrected chi connectivity index (χ1v) is 7.09. The van der Waals surface area contributed by atoms with Gasteiger partial charge in [0.25, 0.3) is 5.91 Å². The van der Waals surface area contributed by atoms with E-state index in [1.54, 1.807) is 12.1 Å². The molecule has 2 rings (SSSR count). The number of carbonyl (C=O) groups excluding carboxylic acids is 1. The molecule has 1 unspecified atom stereocenters. The number of amides is 1. The van der Waals surface area contributed by atoms with Gasteiger partial charge in [-0.05, 0) is 54.0 Å². The van der Waals surface area contributed by atoms with Crippen molar-refractivity contribution in [3.05, 3.63) is 52.4 Å². The molecule has 1 aromatic carbocycles. The van der Waals surface area contributed by atoms with Crippen LogP contribution in [-0.2, 0) is 0 Å². The van der Waals surface area contributed by atoms with Gasteiger partial charge in [0.2, 0.25) is 0 Å². The summed E-state index contributed by atoms with van der Waals surface area (Å²) in [5.41, 5.74) is 1.18. The highest BCUT2D eigenvalue weighted by Crippen LogP contribution is 2.14. The Morgan fingerprint density at radius 2 is 2.00 bits per heavy atom. The van der Waals surface area contributed by atoms with Gasteiger partial charge in [0, 0.05) is 0 Å². The fraction of sp³-hybridized carbons (Fsp3) is 0.267. The van der Waals surface area contributed by atoms with Crippen molar-refractivity contribution in [1.29, 1.82) is 0 Å². The van der Waals surface area contributed by atoms with Crippen molar-refractivity contribution in [1.82, 2.24) is 5.32 Å². The van der Waals surface area contributed by atoms with E-state index in [-0.39, 0.29) is 17.7 Å². The maximum Gasteiger partial charge on any atom is 0.287 e. The van der Waals surface area contributed by atoms with Crippen LogP contribution in [0.5, 0.6) is 5.75 Å². The molecule has 1 atom stereocenters. The van der Waals surface area contributed by atoms with Gasteiger partial charge in [0.05, 0.1) is 6.04 Å². The molecule has 20 heavy (non-hydrogen) atoms. The topological polar surface area (TPSA) is 51.5 Å². The number of benzene rings is 1. The van der Waals surface area contributed by atoms with Crippen molar-refractivity contribution in [2.75, 3.05) is 6.61 Å². The van der Waals surface area contributed by atoms with Gasteiger partial charge >= 0.3 is 0 Å². The van der Waals surface area contributed by atoms with Crippen molar-refractivity contribution in [3.8, 4) is 5.75 Å². The number of aryl methyl sites for hydroxylation is 1. The van der Waals surface area contributed by atoms with Crippen LogP contribution in [0.2, 0.25) is 0 Å². The van der Waals surface area contributed by atoms with Crippen LogP contribution in [0.4, 0.5) is 0 Å². The van der Waals surface area contributed by atoms with Crippen molar-refractivity contribution < 1.29 is 13.9 Å². The number of carbonyl (C=O) groups is 1. The smallest absolute Gasteiger partial charge is 0.287 e. The van der Waals surface area contributed by atoms with Crippen molar-refractivity contribution >= 4 is 21.8 Å². The molecule has 0 aliphatic rings. The molecule has 0 saturated heterocycles. The molecule has 0 saturated carbocycles. The highest BCUT2D eigenvalue weighted by atomic mass is 79.9. The summed E-state index contributed by atoms with van der Waals surface area (Å²) in [6.45, 7) is 4.30. The number of hydrogen-bond donors (Lipinski definition) is 1. The molecule has 2 aromatic rings. The third-order valence-electron chi connectivity index (χ3n) is 2.70. The van der Waals surface area contributed by atoms with Gasteiger partial charge in [-0.25, -0.2) is 0 Å². The average Bonchev–Trinajstić information content (AvgIpc) is 2.85. The maximum absolute atomic E-state index is 11.8. The number of hydrogen-bond acceptors (Lipinski definition) is 3. The largest absolute Gasteiger partial charge is 0.491 e. The third-order valence-corrected chi connectivity index (χ3v) is 3.12. The lowest BCUT2D eigenvalue weighted by Crippen LogP contribution is -2.36. The second-order valence-electron chi connectivity index (χ2n) is 4.60. The summed E-state index contributed by atoms with van der Waals surface area (Å²) in [6, 6.07) is 11.0. The average molecular weight is 338 g/mol. The second-order valence-corrected chi connectivity index (χ2v) is 5.38. The Hall–Kier alpha value is -1.75. The normalized spacial score (nSPS) is 11.9. The summed E-state index contributed by atoms with van der Waals surface area (Å²) in [4.78, 5) is 11.8. The van der Waals surface area contributed by atoms with E-state index in [0.29, 0.717) is 11.3 Å². The van der Waals surface area contributed by atoms with Crippen molar-refractivity contribution in [2.24, 2.45) is 0 Å². The zero-order valence-corrected chi connectivity index (χ0v) is 12.9. The van der Waals surface area contributed by atoms with E-state index < -0.39 is 0 Å². The van der Waals surface area contributed by atoms with Gasteiger partial charge in [0.15, 0.2) is 10.4 Å². The van der Waals surface area contributed by atoms with Crippen LogP contribution in [0, 0.1) is 6.92 Å². The minimum Gasteiger partial charge on any atom is -0.491 e. The maximum atomic E-state index is 11.8. The van der Waals surface area contributed by atoms with E-state index in [0.717, 1.165) is 5.75 Å². The molecule has 0 aliphatic heterocycles. The van der Waals surface area contributed by atoms with Crippen LogP contribution in [-0.4, -0.2) is 18.6 Å². The highest BCUT2D eigenvalue weighted by molar-refractivity contribution is 9.10. The molecule has 1 N–H and O–H groups in total. The van der Waals surface area contributed by atoms with Crippen molar-refractivity contribution in [2.45, 2.75) is 19.9 Å². The van der Waals surface area contributed by atoms with Gasteiger partial charge in [-0.3, -0.25) is 4.79 Å². The molecule has 0 radical (unpaired) electrons. The summed E-state index contributed by atoms with van der Waals surface area (Å²) in [5, 5.41) is 2.81. The molecule has 0 aliphatic carbocycles. The fourth-order valence-corrected chi connectivity index (χ4v) is 1.94. The SMILES string of the molecule is Cc1ccc(OCC(C)NC(=O)c2ccc(Br)o2)cc1. The van der Waals surface area contributed by atoms with Crippen LogP contribution in [0.25, 0.3) is 0 Å². The second kappa shape index (κ2) is 6.61. The van der Waals surface area contributed by atoms with Gasteiger partial charge < -0.3 is 14.5 Å². The lowest BCUT2D eigenvalue weighted by molar-refractivity contribution is 0.0897. The first-order chi connectivity index (χ1) is 9.54. The van der Waals surface area contributed by atoms with Gasteiger partial charge in [-0.2, -0.15) is 0 Å². The van der Waals surface area contributed by atoms with E-state index in [4.69, 9.17) is 9.15 Å². The fourth-order valence-electron chi connectivity index (χ4n) is 1.63. The van der Waals surface area contributed by atoms with Crippen LogP contribution >= 0.6 is 15.9 Å². The summed E-state index contributed by atoms with van der Waals surface area (Å²) in [7, 11) is 0.